The molecule has 0 amide bonds. The minimum atomic E-state index is -0.263. The molecule has 0 aromatic carbocycles. The van der Waals surface area contributed by atoms with Crippen LogP contribution in [0.4, 0.5) is 0 Å². The van der Waals surface area contributed by atoms with E-state index < -0.39 is 0 Å². The van der Waals surface area contributed by atoms with Crippen molar-refractivity contribution in [3.63, 3.8) is 0 Å². The van der Waals surface area contributed by atoms with Crippen LogP contribution < -0.4 is 0 Å². The van der Waals surface area contributed by atoms with Crippen LogP contribution in [0.15, 0.2) is 36.0 Å². The number of hydrogen-bond acceptors (Lipinski definition) is 2. The Balaban J connectivity index is 2.45. The van der Waals surface area contributed by atoms with Crippen molar-refractivity contribution < 1.29 is 4.79 Å². The van der Waals surface area contributed by atoms with Crippen LogP contribution in [-0.2, 0) is 4.79 Å². The molecule has 0 aromatic rings. The average Bonchev–Trinajstić information content (AvgIpc) is 2.49. The van der Waals surface area contributed by atoms with Crippen LogP contribution in [0.25, 0.3) is 0 Å². The minimum Gasteiger partial charge on any atom is -0.287 e. The number of rotatable bonds is 3. The van der Waals surface area contributed by atoms with E-state index in [2.05, 4.69) is 45.1 Å². The Labute approximate surface area is 140 Å². The van der Waals surface area contributed by atoms with Crippen molar-refractivity contribution in [1.29, 1.82) is 0 Å². The molecule has 0 aromatic heterocycles. The van der Waals surface area contributed by atoms with Gasteiger partial charge < -0.3 is 0 Å². The summed E-state index contributed by atoms with van der Waals surface area (Å²) < 4.78 is 0. The predicted molar refractivity (Wildman–Crippen MR) is 97.8 cm³/mol. The third-order valence-electron chi connectivity index (χ3n) is 5.78. The summed E-state index contributed by atoms with van der Waals surface area (Å²) >= 11 is 1.41. The Bertz CT molecular complexity index is 502. The highest BCUT2D eigenvalue weighted by molar-refractivity contribution is 8.13. The molecule has 2 heteroatoms. The van der Waals surface area contributed by atoms with E-state index in [0.29, 0.717) is 17.0 Å². The second-order valence-electron chi connectivity index (χ2n) is 7.26. The fourth-order valence-electron chi connectivity index (χ4n) is 4.63. The van der Waals surface area contributed by atoms with Gasteiger partial charge in [0.25, 0.3) is 0 Å². The first kappa shape index (κ1) is 17.6. The van der Waals surface area contributed by atoms with Crippen LogP contribution >= 0.6 is 11.8 Å². The fraction of sp³-hybridized carbons (Fsp3) is 0.650. The maximum Gasteiger partial charge on any atom is 0.195 e. The van der Waals surface area contributed by atoms with E-state index in [0.717, 1.165) is 5.92 Å². The summed E-state index contributed by atoms with van der Waals surface area (Å²) in [4.78, 5) is 12.9. The van der Waals surface area contributed by atoms with Gasteiger partial charge in [-0.15, -0.1) is 0 Å². The molecule has 0 unspecified atom stereocenters. The molecule has 122 valence electrons. The summed E-state index contributed by atoms with van der Waals surface area (Å²) in [6.07, 6.45) is 16.6. The van der Waals surface area contributed by atoms with E-state index in [-0.39, 0.29) is 11.3 Å². The first-order valence-electron chi connectivity index (χ1n) is 8.51. The maximum atomic E-state index is 12.9. The molecular weight excluding hydrogens is 288 g/mol. The van der Waals surface area contributed by atoms with E-state index in [1.807, 2.05) is 19.3 Å². The Kier molecular flexibility index (Phi) is 5.76. The highest BCUT2D eigenvalue weighted by atomic mass is 32.2. The molecule has 0 aliphatic heterocycles. The molecule has 2 aliphatic rings. The second-order valence-corrected chi connectivity index (χ2v) is 8.04. The molecule has 1 fully saturated rings. The Morgan fingerprint density at radius 1 is 1.36 bits per heavy atom. The lowest BCUT2D eigenvalue weighted by atomic mass is 9.54. The largest absolute Gasteiger partial charge is 0.287 e. The first-order valence-corrected chi connectivity index (χ1v) is 9.73. The normalized spacial score (nSPS) is 39.0. The molecule has 0 heterocycles. The molecule has 1 nitrogen and oxygen atoms in total. The third-order valence-corrected chi connectivity index (χ3v) is 6.59. The van der Waals surface area contributed by atoms with Gasteiger partial charge in [-0.2, -0.15) is 0 Å². The van der Waals surface area contributed by atoms with Crippen LogP contribution in [0.2, 0.25) is 0 Å². The van der Waals surface area contributed by atoms with Gasteiger partial charge in [-0.05, 0) is 50.7 Å². The van der Waals surface area contributed by atoms with Crippen LogP contribution in [0.5, 0.6) is 0 Å². The maximum absolute atomic E-state index is 12.9. The molecule has 0 N–H and O–H groups in total. The predicted octanol–water partition coefficient (Wildman–Crippen LogP) is 5.64. The number of thioether (sulfide) groups is 1. The van der Waals surface area contributed by atoms with Gasteiger partial charge in [-0.3, -0.25) is 4.79 Å². The van der Waals surface area contributed by atoms with Gasteiger partial charge in [-0.1, -0.05) is 68.0 Å². The van der Waals surface area contributed by atoms with E-state index >= 15 is 0 Å². The molecule has 1 saturated carbocycles. The number of carbonyl (C=O) groups is 1. The lowest BCUT2D eigenvalue weighted by molar-refractivity contribution is -0.126. The smallest absolute Gasteiger partial charge is 0.195 e. The zero-order valence-electron chi connectivity index (χ0n) is 14.6. The van der Waals surface area contributed by atoms with Crippen molar-refractivity contribution in [3.05, 3.63) is 36.0 Å². The van der Waals surface area contributed by atoms with Gasteiger partial charge in [0.15, 0.2) is 5.12 Å². The standard InChI is InChI=1S/C20H30OS/c1-6-7-8-9-17-15(3)13-16-12-14(2)10-11-18(16)20(17,4)19(21)22-5/h6-9,13-14,16-18H,10-12H2,1-5H3/b7-6+,9-8+/t14-,16+,17-,18+,20+/m0/s1. The monoisotopic (exact) mass is 318 g/mol. The zero-order valence-corrected chi connectivity index (χ0v) is 15.5. The van der Waals surface area contributed by atoms with E-state index in [1.54, 1.807) is 0 Å². The van der Waals surface area contributed by atoms with Crippen LogP contribution in [0.3, 0.4) is 0 Å². The molecular formula is C20H30OS. The van der Waals surface area contributed by atoms with Gasteiger partial charge in [-0.25, -0.2) is 0 Å². The molecule has 0 spiro atoms. The van der Waals surface area contributed by atoms with Gasteiger partial charge in [0.1, 0.15) is 0 Å². The summed E-state index contributed by atoms with van der Waals surface area (Å²) in [6, 6.07) is 0. The van der Waals surface area contributed by atoms with E-state index in [1.165, 1.54) is 36.6 Å². The quantitative estimate of drug-likeness (QED) is 0.494. The third kappa shape index (κ3) is 3.13. The van der Waals surface area contributed by atoms with Gasteiger partial charge in [0.05, 0.1) is 0 Å². The summed E-state index contributed by atoms with van der Waals surface area (Å²) in [6.45, 7) is 8.82. The van der Waals surface area contributed by atoms with Crippen molar-refractivity contribution in [1.82, 2.24) is 0 Å². The molecule has 5 atom stereocenters. The van der Waals surface area contributed by atoms with Crippen LogP contribution in [0.1, 0.15) is 47.0 Å². The Morgan fingerprint density at radius 3 is 2.73 bits per heavy atom. The highest BCUT2D eigenvalue weighted by Gasteiger charge is 2.52. The Morgan fingerprint density at radius 2 is 2.09 bits per heavy atom. The number of fused-ring (bicyclic) bond motifs is 1. The summed E-state index contributed by atoms with van der Waals surface area (Å²) in [7, 11) is 0. The minimum absolute atomic E-state index is 0.235. The number of allylic oxidation sites excluding steroid dienone is 6. The number of carbonyl (C=O) groups excluding carboxylic acids is 1. The second kappa shape index (κ2) is 7.21. The van der Waals surface area contributed by atoms with Crippen molar-refractivity contribution in [2.45, 2.75) is 47.0 Å². The summed E-state index contributed by atoms with van der Waals surface area (Å²) in [5.74, 6) is 2.09. The summed E-state index contributed by atoms with van der Waals surface area (Å²) in [5, 5.41) is 0.361. The SMILES string of the molecule is C/C=C/C=C/[C@H]1C(C)=C[C@H]2C[C@@H](C)CC[C@H]2[C@]1(C)C(=O)SC. The summed E-state index contributed by atoms with van der Waals surface area (Å²) in [5.41, 5.74) is 1.11. The van der Waals surface area contributed by atoms with E-state index in [9.17, 15) is 4.79 Å². The van der Waals surface area contributed by atoms with Crippen molar-refractivity contribution in [2.24, 2.45) is 29.1 Å². The first-order chi connectivity index (χ1) is 10.4. The van der Waals surface area contributed by atoms with Crippen molar-refractivity contribution >= 4 is 16.9 Å². The zero-order chi connectivity index (χ0) is 16.3. The Hall–Kier alpha value is -0.760. The van der Waals surface area contributed by atoms with Crippen LogP contribution in [-0.4, -0.2) is 11.4 Å². The van der Waals surface area contributed by atoms with Crippen molar-refractivity contribution in [3.8, 4) is 0 Å². The van der Waals surface area contributed by atoms with Crippen LogP contribution in [0, 0.1) is 29.1 Å². The molecule has 0 saturated heterocycles. The van der Waals surface area contributed by atoms with Gasteiger partial charge >= 0.3 is 0 Å². The molecule has 2 rings (SSSR count). The average molecular weight is 319 g/mol. The molecule has 0 bridgehead atoms. The lowest BCUT2D eigenvalue weighted by Gasteiger charge is -2.51. The molecule has 22 heavy (non-hydrogen) atoms. The van der Waals surface area contributed by atoms with Gasteiger partial charge in [0.2, 0.25) is 0 Å². The highest BCUT2D eigenvalue weighted by Crippen LogP contribution is 2.55. The fourth-order valence-corrected chi connectivity index (χ4v) is 5.35. The van der Waals surface area contributed by atoms with Gasteiger partial charge in [0, 0.05) is 11.3 Å². The lowest BCUT2D eigenvalue weighted by Crippen LogP contribution is -2.48. The topological polar surface area (TPSA) is 17.1 Å². The molecule has 2 aliphatic carbocycles. The number of hydrogen-bond donors (Lipinski definition) is 0. The van der Waals surface area contributed by atoms with Crippen molar-refractivity contribution in [2.75, 3.05) is 6.26 Å². The van der Waals surface area contributed by atoms with E-state index in [4.69, 9.17) is 0 Å². The molecule has 0 radical (unpaired) electrons.